The fraction of sp³-hybridized carbons (Fsp3) is 0.333. The molecular formula is C18H20ClN7O. The molecular weight excluding hydrogens is 366 g/mol. The van der Waals surface area contributed by atoms with E-state index < -0.39 is 0 Å². The van der Waals surface area contributed by atoms with Crippen LogP contribution in [0.4, 0.5) is 0 Å². The lowest BCUT2D eigenvalue weighted by Crippen LogP contribution is -2.39. The van der Waals surface area contributed by atoms with Crippen LogP contribution < -0.4 is 5.32 Å². The van der Waals surface area contributed by atoms with Crippen LogP contribution in [0.25, 0.3) is 11.4 Å². The smallest absolute Gasteiger partial charge is 0.275 e. The maximum absolute atomic E-state index is 13.0. The molecule has 2 aliphatic rings. The molecule has 2 aromatic heterocycles. The van der Waals surface area contributed by atoms with Gasteiger partial charge < -0.3 is 14.8 Å². The van der Waals surface area contributed by atoms with Crippen molar-refractivity contribution in [3.8, 4) is 11.4 Å². The van der Waals surface area contributed by atoms with Crippen LogP contribution in [0.5, 0.6) is 0 Å². The highest BCUT2D eigenvalue weighted by atomic mass is 35.5. The Morgan fingerprint density at radius 2 is 1.96 bits per heavy atom. The van der Waals surface area contributed by atoms with Gasteiger partial charge in [0.25, 0.3) is 5.91 Å². The summed E-state index contributed by atoms with van der Waals surface area (Å²) < 4.78 is 2.10. The van der Waals surface area contributed by atoms with Crippen LogP contribution in [0.15, 0.2) is 30.3 Å². The van der Waals surface area contributed by atoms with Gasteiger partial charge in [-0.3, -0.25) is 9.89 Å². The molecule has 1 aromatic carbocycles. The second-order valence-electron chi connectivity index (χ2n) is 6.64. The van der Waals surface area contributed by atoms with Crippen molar-refractivity contribution < 1.29 is 4.79 Å². The fourth-order valence-electron chi connectivity index (χ4n) is 3.68. The van der Waals surface area contributed by atoms with Crippen molar-refractivity contribution in [2.75, 3.05) is 13.1 Å². The highest BCUT2D eigenvalue weighted by Crippen LogP contribution is 2.23. The van der Waals surface area contributed by atoms with Gasteiger partial charge in [-0.15, -0.1) is 22.6 Å². The number of fused-ring (bicyclic) bond motifs is 2. The van der Waals surface area contributed by atoms with E-state index in [0.29, 0.717) is 31.9 Å². The molecule has 0 radical (unpaired) electrons. The number of carbonyl (C=O) groups is 1. The lowest BCUT2D eigenvalue weighted by molar-refractivity contribution is 0.0700. The first kappa shape index (κ1) is 17.7. The Morgan fingerprint density at radius 3 is 2.81 bits per heavy atom. The molecule has 0 saturated heterocycles. The number of rotatable bonds is 2. The van der Waals surface area contributed by atoms with E-state index in [9.17, 15) is 4.79 Å². The standard InChI is InChI=1S/C18H19N7O.ClH/c26-18(16-13-10-19-7-6-14(13)20-22-16)24-8-9-25-15(11-24)21-23-17(25)12-4-2-1-3-5-12;/h1-5,19H,6-11H2,(H,20,22);1H. The Morgan fingerprint density at radius 1 is 1.11 bits per heavy atom. The van der Waals surface area contributed by atoms with Crippen molar-refractivity contribution in [2.24, 2.45) is 0 Å². The molecule has 5 rings (SSSR count). The van der Waals surface area contributed by atoms with Crippen LogP contribution in [-0.4, -0.2) is 48.9 Å². The van der Waals surface area contributed by atoms with E-state index >= 15 is 0 Å². The number of carbonyl (C=O) groups excluding carboxylic acids is 1. The summed E-state index contributed by atoms with van der Waals surface area (Å²) in [6, 6.07) is 10.0. The van der Waals surface area contributed by atoms with Crippen molar-refractivity contribution in [2.45, 2.75) is 26.1 Å². The lowest BCUT2D eigenvalue weighted by Gasteiger charge is -2.27. The third-order valence-electron chi connectivity index (χ3n) is 5.08. The van der Waals surface area contributed by atoms with Gasteiger partial charge in [-0.2, -0.15) is 5.10 Å². The van der Waals surface area contributed by atoms with Gasteiger partial charge in [-0.05, 0) is 0 Å². The van der Waals surface area contributed by atoms with Crippen LogP contribution in [0, 0.1) is 0 Å². The summed E-state index contributed by atoms with van der Waals surface area (Å²) in [5.41, 5.74) is 3.64. The third kappa shape index (κ3) is 3.00. The summed E-state index contributed by atoms with van der Waals surface area (Å²) in [5.74, 6) is 1.63. The second kappa shape index (κ2) is 7.13. The SMILES string of the molecule is Cl.O=C(c1n[nH]c2c1CNCC2)N1CCn2c(nnc2-c2ccccc2)C1. The predicted molar refractivity (Wildman–Crippen MR) is 101 cm³/mol. The van der Waals surface area contributed by atoms with E-state index in [1.54, 1.807) is 0 Å². The highest BCUT2D eigenvalue weighted by molar-refractivity contribution is 5.94. The monoisotopic (exact) mass is 385 g/mol. The molecule has 27 heavy (non-hydrogen) atoms. The van der Waals surface area contributed by atoms with Gasteiger partial charge in [0.05, 0.1) is 6.54 Å². The van der Waals surface area contributed by atoms with Gasteiger partial charge in [0.15, 0.2) is 17.3 Å². The summed E-state index contributed by atoms with van der Waals surface area (Å²) in [7, 11) is 0. The maximum atomic E-state index is 13.0. The molecule has 2 N–H and O–H groups in total. The zero-order valence-electron chi connectivity index (χ0n) is 14.7. The molecule has 0 fully saturated rings. The molecule has 4 heterocycles. The highest BCUT2D eigenvalue weighted by Gasteiger charge is 2.29. The first-order valence-electron chi connectivity index (χ1n) is 8.85. The molecule has 0 unspecified atom stereocenters. The number of aromatic amines is 1. The molecule has 0 saturated carbocycles. The van der Waals surface area contributed by atoms with E-state index in [2.05, 4.69) is 30.3 Å². The normalized spacial score (nSPS) is 15.6. The molecule has 9 heteroatoms. The van der Waals surface area contributed by atoms with Gasteiger partial charge in [0.1, 0.15) is 0 Å². The zero-order chi connectivity index (χ0) is 17.5. The average Bonchev–Trinajstić information content (AvgIpc) is 3.32. The number of nitrogens with one attached hydrogen (secondary N) is 2. The number of H-pyrrole nitrogens is 1. The minimum absolute atomic E-state index is 0. The molecule has 1 amide bonds. The number of benzene rings is 1. The van der Waals surface area contributed by atoms with Gasteiger partial charge in [0, 0.05) is 49.4 Å². The molecule has 0 atom stereocenters. The van der Waals surface area contributed by atoms with Gasteiger partial charge in [-0.25, -0.2) is 0 Å². The first-order chi connectivity index (χ1) is 12.8. The Bertz CT molecular complexity index is 966. The van der Waals surface area contributed by atoms with Crippen LogP contribution in [-0.2, 0) is 26.1 Å². The van der Waals surface area contributed by atoms with E-state index in [0.717, 1.165) is 41.4 Å². The van der Waals surface area contributed by atoms with Crippen LogP contribution in [0.3, 0.4) is 0 Å². The Labute approximate surface area is 162 Å². The molecule has 3 aromatic rings. The van der Waals surface area contributed by atoms with E-state index in [-0.39, 0.29) is 18.3 Å². The van der Waals surface area contributed by atoms with Crippen LogP contribution >= 0.6 is 12.4 Å². The van der Waals surface area contributed by atoms with Gasteiger partial charge in [0.2, 0.25) is 0 Å². The fourth-order valence-corrected chi connectivity index (χ4v) is 3.68. The Kier molecular flexibility index (Phi) is 4.67. The van der Waals surface area contributed by atoms with Crippen molar-refractivity contribution >= 4 is 18.3 Å². The minimum Gasteiger partial charge on any atom is -0.328 e. The quantitative estimate of drug-likeness (QED) is 0.695. The largest absolute Gasteiger partial charge is 0.328 e. The first-order valence-corrected chi connectivity index (χ1v) is 8.85. The molecule has 0 aliphatic carbocycles. The average molecular weight is 386 g/mol. The summed E-state index contributed by atoms with van der Waals surface area (Å²) >= 11 is 0. The van der Waals surface area contributed by atoms with Crippen molar-refractivity contribution in [3.05, 3.63) is 53.1 Å². The second-order valence-corrected chi connectivity index (χ2v) is 6.64. The van der Waals surface area contributed by atoms with Gasteiger partial charge in [-0.1, -0.05) is 30.3 Å². The van der Waals surface area contributed by atoms with E-state index in [1.807, 2.05) is 35.2 Å². The summed E-state index contributed by atoms with van der Waals surface area (Å²) in [4.78, 5) is 14.8. The number of halogens is 1. The van der Waals surface area contributed by atoms with Crippen molar-refractivity contribution in [1.82, 2.24) is 35.2 Å². The summed E-state index contributed by atoms with van der Waals surface area (Å²) in [6.07, 6.45) is 0.879. The van der Waals surface area contributed by atoms with Crippen LogP contribution in [0.2, 0.25) is 0 Å². The number of aromatic nitrogens is 5. The van der Waals surface area contributed by atoms with Crippen molar-refractivity contribution in [1.29, 1.82) is 0 Å². The zero-order valence-corrected chi connectivity index (χ0v) is 15.5. The Balaban J connectivity index is 0.00000180. The van der Waals surface area contributed by atoms with Crippen LogP contribution in [0.1, 0.15) is 27.6 Å². The summed E-state index contributed by atoms with van der Waals surface area (Å²) in [5, 5.41) is 19.3. The Hall–Kier alpha value is -2.71. The molecule has 2 aliphatic heterocycles. The molecule has 0 bridgehead atoms. The summed E-state index contributed by atoms with van der Waals surface area (Å²) in [6.45, 7) is 3.36. The number of nitrogens with zero attached hydrogens (tertiary/aromatic N) is 5. The lowest BCUT2D eigenvalue weighted by atomic mass is 10.1. The topological polar surface area (TPSA) is 91.7 Å². The number of hydrogen-bond acceptors (Lipinski definition) is 5. The van der Waals surface area contributed by atoms with E-state index in [1.165, 1.54) is 0 Å². The molecule has 0 spiro atoms. The number of hydrogen-bond donors (Lipinski definition) is 2. The van der Waals surface area contributed by atoms with Gasteiger partial charge >= 0.3 is 0 Å². The molecule has 140 valence electrons. The van der Waals surface area contributed by atoms with Crippen molar-refractivity contribution in [3.63, 3.8) is 0 Å². The predicted octanol–water partition coefficient (Wildman–Crippen LogP) is 1.39. The number of amides is 1. The minimum atomic E-state index is -0.0401. The molecule has 8 nitrogen and oxygen atoms in total. The third-order valence-corrected chi connectivity index (χ3v) is 5.08. The van der Waals surface area contributed by atoms with E-state index in [4.69, 9.17) is 0 Å². The maximum Gasteiger partial charge on any atom is 0.275 e.